The molecule has 3 heterocycles. The summed E-state index contributed by atoms with van der Waals surface area (Å²) in [4.78, 5) is 0. The fraction of sp³-hybridized carbons (Fsp3) is 0.474. The van der Waals surface area contributed by atoms with Crippen LogP contribution in [0.4, 0.5) is 5.69 Å². The van der Waals surface area contributed by atoms with Crippen LogP contribution in [-0.4, -0.2) is 45.8 Å². The van der Waals surface area contributed by atoms with E-state index >= 15 is 0 Å². The normalized spacial score (nSPS) is 22.5. The van der Waals surface area contributed by atoms with Gasteiger partial charge in [0.25, 0.3) is 0 Å². The van der Waals surface area contributed by atoms with Gasteiger partial charge in [-0.1, -0.05) is 0 Å². The zero-order valence-electron chi connectivity index (χ0n) is 14.6. The maximum Gasteiger partial charge on any atom is 0.0692 e. The highest BCUT2D eigenvalue weighted by molar-refractivity contribution is 5.67. The van der Waals surface area contributed by atoms with Crippen molar-refractivity contribution in [1.29, 1.82) is 0 Å². The van der Waals surface area contributed by atoms with Crippen LogP contribution < -0.4 is 10.3 Å². The lowest BCUT2D eigenvalue weighted by atomic mass is 9.85. The molecular formula is C19H25N5O. The SMILES string of the molecule is Cc1cnn(-c2ccc(N3N=CCC3CC3(O)CCNCC3)cc2)c1. The lowest BCUT2D eigenvalue weighted by Crippen LogP contribution is -2.46. The molecule has 2 aromatic rings. The molecule has 1 aromatic carbocycles. The monoisotopic (exact) mass is 339 g/mol. The molecule has 0 amide bonds. The second-order valence-electron chi connectivity index (χ2n) is 7.19. The number of aromatic nitrogens is 2. The first-order valence-corrected chi connectivity index (χ1v) is 8.99. The highest BCUT2D eigenvalue weighted by Crippen LogP contribution is 2.32. The first kappa shape index (κ1) is 16.3. The average molecular weight is 339 g/mol. The van der Waals surface area contributed by atoms with Crippen LogP contribution in [0.5, 0.6) is 0 Å². The molecule has 2 aliphatic rings. The van der Waals surface area contributed by atoms with Gasteiger partial charge in [-0.15, -0.1) is 0 Å². The summed E-state index contributed by atoms with van der Waals surface area (Å²) < 4.78 is 1.88. The molecule has 1 unspecified atom stereocenters. The van der Waals surface area contributed by atoms with Crippen LogP contribution in [0, 0.1) is 6.92 Å². The van der Waals surface area contributed by atoms with Gasteiger partial charge in [0.05, 0.1) is 29.2 Å². The molecule has 0 saturated carbocycles. The molecule has 0 bridgehead atoms. The summed E-state index contributed by atoms with van der Waals surface area (Å²) in [5, 5.41) is 25.1. The summed E-state index contributed by atoms with van der Waals surface area (Å²) in [7, 11) is 0. The van der Waals surface area contributed by atoms with Gasteiger partial charge in [-0.25, -0.2) is 4.68 Å². The third-order valence-electron chi connectivity index (χ3n) is 5.17. The summed E-state index contributed by atoms with van der Waals surface area (Å²) in [6.45, 7) is 3.82. The molecule has 1 atom stereocenters. The van der Waals surface area contributed by atoms with Crippen molar-refractivity contribution in [2.75, 3.05) is 18.1 Å². The minimum Gasteiger partial charge on any atom is -0.390 e. The van der Waals surface area contributed by atoms with Gasteiger partial charge >= 0.3 is 0 Å². The second-order valence-corrected chi connectivity index (χ2v) is 7.19. The van der Waals surface area contributed by atoms with Gasteiger partial charge in [0.15, 0.2) is 0 Å². The molecule has 4 rings (SSSR count). The molecule has 1 fully saturated rings. The summed E-state index contributed by atoms with van der Waals surface area (Å²) in [6, 6.07) is 8.50. The Balaban J connectivity index is 1.49. The number of nitrogens with zero attached hydrogens (tertiary/aromatic N) is 4. The molecule has 0 spiro atoms. The van der Waals surface area contributed by atoms with E-state index in [1.165, 1.54) is 0 Å². The van der Waals surface area contributed by atoms with Gasteiger partial charge in [-0.2, -0.15) is 10.2 Å². The maximum atomic E-state index is 10.9. The van der Waals surface area contributed by atoms with Crippen molar-refractivity contribution in [3.8, 4) is 5.69 Å². The van der Waals surface area contributed by atoms with E-state index in [2.05, 4.69) is 44.8 Å². The minimum atomic E-state index is -0.575. The van der Waals surface area contributed by atoms with Crippen LogP contribution in [-0.2, 0) is 0 Å². The fourth-order valence-corrected chi connectivity index (χ4v) is 3.75. The molecule has 2 aliphatic heterocycles. The van der Waals surface area contributed by atoms with Crippen LogP contribution in [0.1, 0.15) is 31.2 Å². The van der Waals surface area contributed by atoms with Crippen LogP contribution in [0.3, 0.4) is 0 Å². The molecule has 2 N–H and O–H groups in total. The first-order chi connectivity index (χ1) is 12.1. The Kier molecular flexibility index (Phi) is 4.31. The van der Waals surface area contributed by atoms with E-state index in [0.717, 1.165) is 55.7 Å². The molecule has 1 saturated heterocycles. The first-order valence-electron chi connectivity index (χ1n) is 8.99. The largest absolute Gasteiger partial charge is 0.390 e. The van der Waals surface area contributed by atoms with Gasteiger partial charge in [0.2, 0.25) is 0 Å². The molecule has 6 nitrogen and oxygen atoms in total. The number of hydrogen-bond donors (Lipinski definition) is 2. The number of anilines is 1. The Labute approximate surface area is 148 Å². The van der Waals surface area contributed by atoms with E-state index < -0.39 is 5.60 Å². The third-order valence-corrected chi connectivity index (χ3v) is 5.17. The number of aliphatic hydroxyl groups is 1. The van der Waals surface area contributed by atoms with Crippen molar-refractivity contribution in [2.45, 2.75) is 44.2 Å². The van der Waals surface area contributed by atoms with Crippen molar-refractivity contribution in [3.05, 3.63) is 42.2 Å². The Hall–Kier alpha value is -2.18. The zero-order valence-corrected chi connectivity index (χ0v) is 14.6. The summed E-state index contributed by atoms with van der Waals surface area (Å²) in [6.07, 6.45) is 9.10. The highest BCUT2D eigenvalue weighted by atomic mass is 16.3. The van der Waals surface area contributed by atoms with Crippen molar-refractivity contribution in [2.24, 2.45) is 5.10 Å². The molecule has 0 aliphatic carbocycles. The Morgan fingerprint density at radius 3 is 2.60 bits per heavy atom. The second kappa shape index (κ2) is 6.61. The van der Waals surface area contributed by atoms with Gasteiger partial charge < -0.3 is 10.4 Å². The number of hydrogen-bond acceptors (Lipinski definition) is 5. The van der Waals surface area contributed by atoms with Crippen molar-refractivity contribution in [3.63, 3.8) is 0 Å². The van der Waals surface area contributed by atoms with Crippen molar-refractivity contribution in [1.82, 2.24) is 15.1 Å². The Morgan fingerprint density at radius 1 is 1.20 bits per heavy atom. The molecule has 1 aromatic heterocycles. The predicted octanol–water partition coefficient (Wildman–Crippen LogP) is 2.25. The van der Waals surface area contributed by atoms with Crippen LogP contribution in [0.2, 0.25) is 0 Å². The maximum absolute atomic E-state index is 10.9. The average Bonchev–Trinajstić information content (AvgIpc) is 3.24. The lowest BCUT2D eigenvalue weighted by Gasteiger charge is -2.36. The number of benzene rings is 1. The fourth-order valence-electron chi connectivity index (χ4n) is 3.75. The quantitative estimate of drug-likeness (QED) is 0.897. The Morgan fingerprint density at radius 2 is 1.92 bits per heavy atom. The van der Waals surface area contributed by atoms with Crippen molar-refractivity contribution >= 4 is 11.9 Å². The van der Waals surface area contributed by atoms with Crippen LogP contribution in [0.15, 0.2) is 41.8 Å². The minimum absolute atomic E-state index is 0.223. The van der Waals surface area contributed by atoms with Crippen LogP contribution in [0.25, 0.3) is 5.69 Å². The predicted molar refractivity (Wildman–Crippen MR) is 99.3 cm³/mol. The van der Waals surface area contributed by atoms with E-state index in [1.54, 1.807) is 0 Å². The smallest absolute Gasteiger partial charge is 0.0692 e. The molecule has 6 heteroatoms. The van der Waals surface area contributed by atoms with E-state index in [4.69, 9.17) is 0 Å². The number of rotatable bonds is 4. The molecule has 25 heavy (non-hydrogen) atoms. The highest BCUT2D eigenvalue weighted by Gasteiger charge is 2.35. The standard InChI is InChI=1S/C19H25N5O/c1-15-13-22-23(14-15)16-2-4-17(5-3-16)24-18(6-9-21-24)12-19(25)7-10-20-11-8-19/h2-5,9,13-14,18,20,25H,6-8,10-12H2,1H3. The van der Waals surface area contributed by atoms with Gasteiger partial charge in [-0.05, 0) is 69.1 Å². The van der Waals surface area contributed by atoms with Gasteiger partial charge in [0.1, 0.15) is 0 Å². The van der Waals surface area contributed by atoms with Gasteiger partial charge in [-0.3, -0.25) is 5.01 Å². The molecular weight excluding hydrogens is 314 g/mol. The number of aryl methyl sites for hydroxylation is 1. The van der Waals surface area contributed by atoms with Crippen LogP contribution >= 0.6 is 0 Å². The van der Waals surface area contributed by atoms with Crippen molar-refractivity contribution < 1.29 is 5.11 Å². The van der Waals surface area contributed by atoms with E-state index in [9.17, 15) is 5.11 Å². The Bertz CT molecular complexity index is 745. The number of hydrazone groups is 1. The molecule has 0 radical (unpaired) electrons. The van der Waals surface area contributed by atoms with E-state index in [1.807, 2.05) is 30.2 Å². The number of piperidine rings is 1. The zero-order chi connectivity index (χ0) is 17.3. The summed E-state index contributed by atoms with van der Waals surface area (Å²) in [5.41, 5.74) is 2.66. The van der Waals surface area contributed by atoms with E-state index in [0.29, 0.717) is 0 Å². The third kappa shape index (κ3) is 3.45. The number of nitrogens with one attached hydrogen (secondary N) is 1. The lowest BCUT2D eigenvalue weighted by molar-refractivity contribution is -0.00268. The van der Waals surface area contributed by atoms with E-state index in [-0.39, 0.29) is 6.04 Å². The molecule has 132 valence electrons. The van der Waals surface area contributed by atoms with Gasteiger partial charge in [0, 0.05) is 18.8 Å². The summed E-state index contributed by atoms with van der Waals surface area (Å²) in [5.74, 6) is 0. The topological polar surface area (TPSA) is 65.7 Å². The summed E-state index contributed by atoms with van der Waals surface area (Å²) >= 11 is 0.